The summed E-state index contributed by atoms with van der Waals surface area (Å²) in [5.74, 6) is 0.681. The zero-order valence-electron chi connectivity index (χ0n) is 16.0. The van der Waals surface area contributed by atoms with E-state index >= 15 is 0 Å². The number of aromatic nitrogens is 7. The molecule has 0 aliphatic heterocycles. The van der Waals surface area contributed by atoms with Gasteiger partial charge in [0.25, 0.3) is 11.7 Å². The first kappa shape index (κ1) is 19.0. The van der Waals surface area contributed by atoms with E-state index in [-0.39, 0.29) is 18.9 Å². The van der Waals surface area contributed by atoms with Crippen molar-refractivity contribution in [2.24, 2.45) is 0 Å². The first-order valence-corrected chi connectivity index (χ1v) is 9.93. The van der Waals surface area contributed by atoms with Gasteiger partial charge in [0.05, 0.1) is 6.42 Å². The van der Waals surface area contributed by atoms with Crippen molar-refractivity contribution in [3.05, 3.63) is 47.4 Å². The second-order valence-corrected chi connectivity index (χ2v) is 6.94. The predicted octanol–water partition coefficient (Wildman–Crippen LogP) is 2.19. The van der Waals surface area contributed by atoms with Gasteiger partial charge in [0.15, 0.2) is 6.61 Å². The number of nitrogens with zero attached hydrogens (tertiary/aromatic N) is 7. The Labute approximate surface area is 169 Å². The van der Waals surface area contributed by atoms with Crippen LogP contribution in [0.4, 0.5) is 0 Å². The minimum Gasteiger partial charge on any atom is -0.455 e. The molecule has 0 saturated carbocycles. The molecule has 4 rings (SSSR count). The van der Waals surface area contributed by atoms with Gasteiger partial charge in [-0.05, 0) is 32.2 Å². The summed E-state index contributed by atoms with van der Waals surface area (Å²) < 4.78 is 12.1. The number of rotatable bonds is 6. The highest BCUT2D eigenvalue weighted by Gasteiger charge is 2.18. The number of carbonyl (C=O) groups is 1. The van der Waals surface area contributed by atoms with Crippen molar-refractivity contribution in [3.63, 3.8) is 0 Å². The molecule has 4 aromatic heterocycles. The Morgan fingerprint density at radius 3 is 2.90 bits per heavy atom. The van der Waals surface area contributed by atoms with Crippen LogP contribution >= 0.6 is 11.8 Å². The number of carbonyl (C=O) groups excluding carboxylic acids is 1. The molecule has 0 fully saturated rings. The van der Waals surface area contributed by atoms with Gasteiger partial charge in [0.2, 0.25) is 11.0 Å². The number of ether oxygens (including phenoxy) is 1. The summed E-state index contributed by atoms with van der Waals surface area (Å²) >= 11 is 1.43. The smallest absolute Gasteiger partial charge is 0.310 e. The Kier molecular flexibility index (Phi) is 5.21. The Balaban J connectivity index is 1.44. The van der Waals surface area contributed by atoms with E-state index in [4.69, 9.17) is 9.26 Å². The lowest BCUT2D eigenvalue weighted by molar-refractivity contribution is -0.144. The molecule has 4 aromatic rings. The molecule has 0 bridgehead atoms. The third-order valence-electron chi connectivity index (χ3n) is 4.28. The molecule has 0 atom stereocenters. The molecular weight excluding hydrogens is 394 g/mol. The maximum atomic E-state index is 12.4. The maximum Gasteiger partial charge on any atom is 0.310 e. The number of aryl methyl sites for hydroxylation is 2. The molecule has 0 amide bonds. The van der Waals surface area contributed by atoms with Crippen LogP contribution in [0, 0.1) is 13.8 Å². The predicted molar refractivity (Wildman–Crippen MR) is 103 cm³/mol. The molecule has 11 heteroatoms. The van der Waals surface area contributed by atoms with Crippen molar-refractivity contribution in [2.75, 3.05) is 6.26 Å². The van der Waals surface area contributed by atoms with Gasteiger partial charge in [-0.2, -0.15) is 9.97 Å². The Morgan fingerprint density at radius 2 is 2.14 bits per heavy atom. The topological polar surface area (TPSA) is 121 Å². The molecule has 0 saturated heterocycles. The first-order chi connectivity index (χ1) is 14.0. The lowest BCUT2D eigenvalue weighted by atomic mass is 10.1. The number of esters is 1. The Morgan fingerprint density at radius 1 is 1.28 bits per heavy atom. The summed E-state index contributed by atoms with van der Waals surface area (Å²) in [6.07, 6.45) is 5.23. The molecule has 0 unspecified atom stereocenters. The van der Waals surface area contributed by atoms with Crippen molar-refractivity contribution in [2.45, 2.75) is 32.0 Å². The number of hydrogen-bond acceptors (Lipinski definition) is 10. The average Bonchev–Trinajstić information content (AvgIpc) is 3.37. The summed E-state index contributed by atoms with van der Waals surface area (Å²) in [7, 11) is 0. The van der Waals surface area contributed by atoms with E-state index in [2.05, 4.69) is 30.2 Å². The van der Waals surface area contributed by atoms with Gasteiger partial charge in [-0.25, -0.2) is 9.50 Å². The monoisotopic (exact) mass is 411 g/mol. The Bertz CT molecular complexity index is 1170. The van der Waals surface area contributed by atoms with Crippen LogP contribution in [0.15, 0.2) is 34.2 Å². The fourth-order valence-corrected chi connectivity index (χ4v) is 3.13. The number of pyridine rings is 1. The molecule has 4 heterocycles. The summed E-state index contributed by atoms with van der Waals surface area (Å²) in [6.45, 7) is 3.60. The van der Waals surface area contributed by atoms with Crippen LogP contribution in [-0.2, 0) is 22.6 Å². The highest BCUT2D eigenvalue weighted by Crippen LogP contribution is 2.18. The van der Waals surface area contributed by atoms with Gasteiger partial charge in [0.1, 0.15) is 0 Å². The van der Waals surface area contributed by atoms with E-state index in [1.807, 2.05) is 26.2 Å². The summed E-state index contributed by atoms with van der Waals surface area (Å²) in [6, 6.07) is 3.59. The third-order valence-corrected chi connectivity index (χ3v) is 4.82. The van der Waals surface area contributed by atoms with E-state index in [9.17, 15) is 4.79 Å². The van der Waals surface area contributed by atoms with Crippen molar-refractivity contribution < 1.29 is 14.1 Å². The SMILES string of the molecule is CSc1nc2nc(C)c(CC(=O)OCc3nc(-c4cccnc4)no3)c(C)n2n1. The summed E-state index contributed by atoms with van der Waals surface area (Å²) in [5, 5.41) is 8.88. The molecule has 0 aliphatic carbocycles. The number of fused-ring (bicyclic) bond motifs is 1. The van der Waals surface area contributed by atoms with Crippen LogP contribution in [-0.4, -0.2) is 46.9 Å². The zero-order valence-corrected chi connectivity index (χ0v) is 16.8. The van der Waals surface area contributed by atoms with Crippen molar-refractivity contribution in [1.29, 1.82) is 0 Å². The van der Waals surface area contributed by atoms with Crippen LogP contribution in [0.3, 0.4) is 0 Å². The lowest BCUT2D eigenvalue weighted by Crippen LogP contribution is -2.13. The second kappa shape index (κ2) is 7.95. The van der Waals surface area contributed by atoms with Crippen LogP contribution in [0.1, 0.15) is 22.8 Å². The first-order valence-electron chi connectivity index (χ1n) is 8.70. The van der Waals surface area contributed by atoms with Gasteiger partial charge in [-0.15, -0.1) is 5.10 Å². The standard InChI is InChI=1S/C18H17N7O3S/c1-10-13(11(2)25-17(20-10)22-18(23-25)29-3)7-15(26)27-9-14-21-16(24-28-14)12-5-4-6-19-8-12/h4-6,8H,7,9H2,1-3H3. The van der Waals surface area contributed by atoms with Crippen molar-refractivity contribution in [1.82, 2.24) is 34.7 Å². The lowest BCUT2D eigenvalue weighted by Gasteiger charge is -2.09. The normalized spacial score (nSPS) is 11.1. The number of thioether (sulfide) groups is 1. The summed E-state index contributed by atoms with van der Waals surface area (Å²) in [5.41, 5.74) is 2.98. The highest BCUT2D eigenvalue weighted by molar-refractivity contribution is 7.98. The summed E-state index contributed by atoms with van der Waals surface area (Å²) in [4.78, 5) is 29.4. The molecule has 0 N–H and O–H groups in total. The largest absolute Gasteiger partial charge is 0.455 e. The fraction of sp³-hybridized carbons (Fsp3) is 0.278. The minimum atomic E-state index is -0.427. The maximum absolute atomic E-state index is 12.4. The quantitative estimate of drug-likeness (QED) is 0.345. The van der Waals surface area contributed by atoms with Crippen molar-refractivity contribution in [3.8, 4) is 11.4 Å². The van der Waals surface area contributed by atoms with Gasteiger partial charge < -0.3 is 9.26 Å². The van der Waals surface area contributed by atoms with Gasteiger partial charge >= 0.3 is 5.97 Å². The fourth-order valence-electron chi connectivity index (χ4n) is 2.80. The molecular formula is C18H17N7O3S. The molecule has 10 nitrogen and oxygen atoms in total. The number of hydrogen-bond donors (Lipinski definition) is 0. The highest BCUT2D eigenvalue weighted by atomic mass is 32.2. The second-order valence-electron chi connectivity index (χ2n) is 6.16. The Hall–Kier alpha value is -3.34. The van der Waals surface area contributed by atoms with E-state index in [1.54, 1.807) is 23.0 Å². The van der Waals surface area contributed by atoms with Crippen LogP contribution in [0.5, 0.6) is 0 Å². The van der Waals surface area contributed by atoms with E-state index in [1.165, 1.54) is 11.8 Å². The molecule has 0 aliphatic rings. The molecule has 0 spiro atoms. The molecule has 0 aromatic carbocycles. The molecule has 0 radical (unpaired) electrons. The zero-order chi connectivity index (χ0) is 20.4. The van der Waals surface area contributed by atoms with Crippen LogP contribution < -0.4 is 0 Å². The van der Waals surface area contributed by atoms with Crippen LogP contribution in [0.2, 0.25) is 0 Å². The van der Waals surface area contributed by atoms with Crippen molar-refractivity contribution >= 4 is 23.5 Å². The molecule has 148 valence electrons. The molecule has 29 heavy (non-hydrogen) atoms. The van der Waals surface area contributed by atoms with E-state index in [0.717, 1.165) is 16.8 Å². The average molecular weight is 411 g/mol. The van der Waals surface area contributed by atoms with E-state index < -0.39 is 5.97 Å². The van der Waals surface area contributed by atoms with Gasteiger partial charge in [-0.1, -0.05) is 16.9 Å². The van der Waals surface area contributed by atoms with E-state index in [0.29, 0.717) is 22.5 Å². The van der Waals surface area contributed by atoms with Crippen LogP contribution in [0.25, 0.3) is 17.2 Å². The minimum absolute atomic E-state index is 0.0542. The van der Waals surface area contributed by atoms with Gasteiger partial charge in [0, 0.05) is 34.9 Å². The van der Waals surface area contributed by atoms with Gasteiger partial charge in [-0.3, -0.25) is 9.78 Å². The third kappa shape index (κ3) is 3.94.